The van der Waals surface area contributed by atoms with Crippen LogP contribution >= 0.6 is 0 Å². The topological polar surface area (TPSA) is 85.2 Å². The van der Waals surface area contributed by atoms with Crippen LogP contribution in [-0.2, 0) is 17.6 Å². The number of methoxy groups -OCH3 is 2. The van der Waals surface area contributed by atoms with Gasteiger partial charge in [-0.25, -0.2) is 0 Å². The van der Waals surface area contributed by atoms with E-state index in [2.05, 4.69) is 26.0 Å². The van der Waals surface area contributed by atoms with Gasteiger partial charge in [0.05, 0.1) is 14.2 Å². The molecule has 0 amide bonds. The molecule has 0 fully saturated rings. The van der Waals surface area contributed by atoms with E-state index in [0.717, 1.165) is 49.9 Å². The van der Waals surface area contributed by atoms with Gasteiger partial charge in [-0.2, -0.15) is 0 Å². The number of aliphatic hydroxyl groups is 2. The van der Waals surface area contributed by atoms with Gasteiger partial charge in [0.2, 0.25) is 0 Å². The third-order valence-corrected chi connectivity index (χ3v) is 4.96. The number of ether oxygens (including phenoxy) is 3. The first-order valence-electron chi connectivity index (χ1n) is 11.5. The summed E-state index contributed by atoms with van der Waals surface area (Å²) >= 11 is 0. The Morgan fingerprint density at radius 3 is 2.18 bits per heavy atom. The molecular formula is C27H42O6. The van der Waals surface area contributed by atoms with E-state index < -0.39 is 0 Å². The number of unbranched alkanes of at least 4 members (excludes halogenated alkanes) is 1. The summed E-state index contributed by atoms with van der Waals surface area (Å²) < 4.78 is 15.9. The second-order valence-corrected chi connectivity index (χ2v) is 7.60. The SMILES string of the molecule is CCCCC(C)CO.CO.COc1ccc(CCCc2cccc(OCC=O)c2)cc1OC. The van der Waals surface area contributed by atoms with Crippen LogP contribution in [0.5, 0.6) is 17.2 Å². The van der Waals surface area contributed by atoms with Crippen molar-refractivity contribution in [3.8, 4) is 17.2 Å². The number of carbonyl (C=O) groups excluding carboxylic acids is 1. The fourth-order valence-corrected chi connectivity index (χ4v) is 3.10. The number of aliphatic hydroxyl groups excluding tert-OH is 2. The predicted octanol–water partition coefficient (Wildman–Crippen LogP) is 4.87. The van der Waals surface area contributed by atoms with Crippen molar-refractivity contribution in [1.82, 2.24) is 0 Å². The van der Waals surface area contributed by atoms with Crippen molar-refractivity contribution in [2.75, 3.05) is 34.5 Å². The lowest BCUT2D eigenvalue weighted by molar-refractivity contribution is -0.109. The number of aryl methyl sites for hydroxylation is 2. The van der Waals surface area contributed by atoms with Gasteiger partial charge in [-0.1, -0.05) is 44.9 Å². The van der Waals surface area contributed by atoms with E-state index in [1.165, 1.54) is 30.4 Å². The highest BCUT2D eigenvalue weighted by molar-refractivity contribution is 5.51. The van der Waals surface area contributed by atoms with E-state index in [-0.39, 0.29) is 6.61 Å². The molecule has 2 aromatic rings. The number of hydrogen-bond acceptors (Lipinski definition) is 6. The quantitative estimate of drug-likeness (QED) is 0.413. The van der Waals surface area contributed by atoms with E-state index in [9.17, 15) is 4.79 Å². The summed E-state index contributed by atoms with van der Waals surface area (Å²) in [6.07, 6.45) is 7.35. The van der Waals surface area contributed by atoms with Crippen LogP contribution in [0, 0.1) is 5.92 Å². The molecule has 0 aliphatic carbocycles. The minimum Gasteiger partial charge on any atom is -0.493 e. The van der Waals surface area contributed by atoms with Gasteiger partial charge in [-0.3, -0.25) is 4.79 Å². The summed E-state index contributed by atoms with van der Waals surface area (Å²) in [7, 11) is 4.28. The van der Waals surface area contributed by atoms with Crippen LogP contribution in [0.2, 0.25) is 0 Å². The summed E-state index contributed by atoms with van der Waals surface area (Å²) in [5.74, 6) is 2.75. The maximum atomic E-state index is 10.3. The fraction of sp³-hybridized carbons (Fsp3) is 0.519. The lowest BCUT2D eigenvalue weighted by Gasteiger charge is -2.10. The van der Waals surface area contributed by atoms with E-state index >= 15 is 0 Å². The van der Waals surface area contributed by atoms with Crippen molar-refractivity contribution in [2.45, 2.75) is 52.4 Å². The summed E-state index contributed by atoms with van der Waals surface area (Å²) in [6.45, 7) is 4.69. The van der Waals surface area contributed by atoms with E-state index in [0.29, 0.717) is 12.5 Å². The van der Waals surface area contributed by atoms with Crippen LogP contribution < -0.4 is 14.2 Å². The Labute approximate surface area is 199 Å². The second kappa shape index (κ2) is 20.1. The molecule has 0 spiro atoms. The highest BCUT2D eigenvalue weighted by Crippen LogP contribution is 2.28. The monoisotopic (exact) mass is 462 g/mol. The van der Waals surface area contributed by atoms with Gasteiger partial charge in [-0.05, 0) is 67.0 Å². The molecule has 2 N–H and O–H groups in total. The first-order chi connectivity index (χ1) is 16.1. The lowest BCUT2D eigenvalue weighted by atomic mass is 10.0. The van der Waals surface area contributed by atoms with Crippen LogP contribution in [0.3, 0.4) is 0 Å². The molecule has 0 saturated heterocycles. The molecule has 6 heteroatoms. The van der Waals surface area contributed by atoms with Gasteiger partial charge in [-0.15, -0.1) is 0 Å². The summed E-state index contributed by atoms with van der Waals surface area (Å²) in [6, 6.07) is 13.9. The van der Waals surface area contributed by atoms with Gasteiger partial charge in [0.25, 0.3) is 0 Å². The van der Waals surface area contributed by atoms with Crippen LogP contribution in [0.15, 0.2) is 42.5 Å². The van der Waals surface area contributed by atoms with Crippen molar-refractivity contribution >= 4 is 6.29 Å². The third kappa shape index (κ3) is 13.5. The highest BCUT2D eigenvalue weighted by Gasteiger charge is 2.05. The van der Waals surface area contributed by atoms with Gasteiger partial charge in [0, 0.05) is 13.7 Å². The maximum Gasteiger partial charge on any atom is 0.160 e. The first kappa shape index (κ1) is 30.4. The Morgan fingerprint density at radius 1 is 0.939 bits per heavy atom. The average Bonchev–Trinajstić information content (AvgIpc) is 2.87. The Balaban J connectivity index is 0.000000868. The fourth-order valence-electron chi connectivity index (χ4n) is 3.10. The van der Waals surface area contributed by atoms with Gasteiger partial charge < -0.3 is 24.4 Å². The molecular weight excluding hydrogens is 420 g/mol. The Morgan fingerprint density at radius 2 is 1.61 bits per heavy atom. The molecule has 33 heavy (non-hydrogen) atoms. The Hall–Kier alpha value is -2.57. The number of hydrogen-bond donors (Lipinski definition) is 2. The summed E-state index contributed by atoms with van der Waals surface area (Å²) in [5.41, 5.74) is 2.42. The molecule has 0 heterocycles. The Bertz CT molecular complexity index is 747. The van der Waals surface area contributed by atoms with Crippen molar-refractivity contribution in [1.29, 1.82) is 0 Å². The van der Waals surface area contributed by atoms with E-state index in [1.54, 1.807) is 14.2 Å². The molecule has 0 bridgehead atoms. The van der Waals surface area contributed by atoms with Crippen molar-refractivity contribution < 1.29 is 29.2 Å². The molecule has 0 saturated carbocycles. The third-order valence-electron chi connectivity index (χ3n) is 4.96. The van der Waals surface area contributed by atoms with Crippen molar-refractivity contribution in [2.24, 2.45) is 5.92 Å². The molecule has 2 aromatic carbocycles. The average molecular weight is 463 g/mol. The summed E-state index contributed by atoms with van der Waals surface area (Å²) in [5, 5.41) is 15.6. The summed E-state index contributed by atoms with van der Waals surface area (Å²) in [4.78, 5) is 10.3. The number of carbonyl (C=O) groups is 1. The lowest BCUT2D eigenvalue weighted by Crippen LogP contribution is -1.98. The van der Waals surface area contributed by atoms with E-state index in [4.69, 9.17) is 24.4 Å². The standard InChI is InChI=1S/C19H22O4.C7H16O.CH4O/c1-21-18-10-9-16(14-19(18)22-2)6-3-5-15-7-4-8-17(13-15)23-12-11-20;1-3-4-5-7(2)6-8;1-2/h4,7-11,13-14H,3,5-6,12H2,1-2H3;7-8H,3-6H2,1-2H3;2H,1H3. The molecule has 2 rings (SSSR count). The first-order valence-corrected chi connectivity index (χ1v) is 11.5. The molecule has 6 nitrogen and oxygen atoms in total. The minimum absolute atomic E-state index is 0.0924. The molecule has 186 valence electrons. The number of rotatable bonds is 13. The smallest absolute Gasteiger partial charge is 0.160 e. The van der Waals surface area contributed by atoms with Gasteiger partial charge in [0.1, 0.15) is 12.4 Å². The zero-order valence-electron chi connectivity index (χ0n) is 20.9. The normalized spacial score (nSPS) is 10.6. The van der Waals surface area contributed by atoms with Crippen molar-refractivity contribution in [3.63, 3.8) is 0 Å². The molecule has 1 atom stereocenters. The Kier molecular flexibility index (Phi) is 18.5. The van der Waals surface area contributed by atoms with E-state index in [1.807, 2.05) is 30.3 Å². The predicted molar refractivity (Wildman–Crippen MR) is 133 cm³/mol. The number of benzene rings is 2. The van der Waals surface area contributed by atoms with Crippen molar-refractivity contribution in [3.05, 3.63) is 53.6 Å². The molecule has 0 radical (unpaired) electrons. The van der Waals surface area contributed by atoms with Crippen LogP contribution in [0.25, 0.3) is 0 Å². The largest absolute Gasteiger partial charge is 0.493 e. The van der Waals surface area contributed by atoms with Crippen LogP contribution in [0.1, 0.15) is 50.7 Å². The highest BCUT2D eigenvalue weighted by atomic mass is 16.5. The molecule has 1 unspecified atom stereocenters. The van der Waals surface area contributed by atoms with Gasteiger partial charge >= 0.3 is 0 Å². The second-order valence-electron chi connectivity index (χ2n) is 7.60. The maximum absolute atomic E-state index is 10.3. The molecule has 0 aliphatic rings. The molecule has 0 aromatic heterocycles. The van der Waals surface area contributed by atoms with Crippen LogP contribution in [0.4, 0.5) is 0 Å². The minimum atomic E-state index is 0.0924. The number of aldehydes is 1. The van der Waals surface area contributed by atoms with Crippen LogP contribution in [-0.4, -0.2) is 51.0 Å². The zero-order valence-corrected chi connectivity index (χ0v) is 20.9. The van der Waals surface area contributed by atoms with Gasteiger partial charge in [0.15, 0.2) is 17.8 Å². The molecule has 0 aliphatic heterocycles. The zero-order chi connectivity index (χ0) is 24.9.